The fourth-order valence-corrected chi connectivity index (χ4v) is 3.99. The first-order chi connectivity index (χ1) is 13.7. The number of rotatable bonds is 3. The van der Waals surface area contributed by atoms with Gasteiger partial charge in [0.25, 0.3) is 0 Å². The highest BCUT2D eigenvalue weighted by atomic mass is 19.1. The molecule has 1 aromatic carbocycles. The first kappa shape index (κ1) is 17.1. The van der Waals surface area contributed by atoms with Crippen molar-refractivity contribution in [1.82, 2.24) is 29.9 Å². The van der Waals surface area contributed by atoms with E-state index in [1.165, 1.54) is 17.8 Å². The number of likely N-dealkylation sites (tertiary alicyclic amines) is 1. The number of pyridine rings is 1. The SMILES string of the molecule is CN1CCC(c2cc(-c3ccn4nnnc4c3)c(-c3ccc(F)cc3)[nH]2)CC1. The van der Waals surface area contributed by atoms with Gasteiger partial charge in [-0.05, 0) is 97.0 Å². The van der Waals surface area contributed by atoms with E-state index in [4.69, 9.17) is 0 Å². The predicted molar refractivity (Wildman–Crippen MR) is 105 cm³/mol. The predicted octanol–water partition coefficient (Wildman–Crippen LogP) is 3.73. The minimum absolute atomic E-state index is 0.233. The highest BCUT2D eigenvalue weighted by Crippen LogP contribution is 2.37. The number of aromatic nitrogens is 5. The van der Waals surface area contributed by atoms with Gasteiger partial charge in [-0.15, -0.1) is 5.10 Å². The van der Waals surface area contributed by atoms with E-state index in [9.17, 15) is 4.39 Å². The van der Waals surface area contributed by atoms with Gasteiger partial charge in [-0.2, -0.15) is 0 Å². The largest absolute Gasteiger partial charge is 0.358 e. The van der Waals surface area contributed by atoms with Crippen LogP contribution in [0.15, 0.2) is 48.7 Å². The fourth-order valence-electron chi connectivity index (χ4n) is 3.99. The standard InChI is InChI=1S/C21H21FN6/c1-27-9-6-14(7-10-27)19-13-18(16-8-11-28-20(12-16)24-25-26-28)21(23-19)15-2-4-17(22)5-3-15/h2-5,8,11-14,23H,6-7,9-10H2,1H3. The zero-order valence-electron chi connectivity index (χ0n) is 15.6. The van der Waals surface area contributed by atoms with Crippen molar-refractivity contribution >= 4 is 5.65 Å². The zero-order valence-corrected chi connectivity index (χ0v) is 15.6. The summed E-state index contributed by atoms with van der Waals surface area (Å²) in [6, 6.07) is 12.9. The molecule has 28 heavy (non-hydrogen) atoms. The molecule has 6 nitrogen and oxygen atoms in total. The Morgan fingerprint density at radius 1 is 1.04 bits per heavy atom. The molecule has 0 bridgehead atoms. The number of aromatic amines is 1. The molecular formula is C21H21FN6. The fraction of sp³-hybridized carbons (Fsp3) is 0.286. The van der Waals surface area contributed by atoms with E-state index in [1.54, 1.807) is 4.52 Å². The summed E-state index contributed by atoms with van der Waals surface area (Å²) in [5, 5.41) is 11.7. The Morgan fingerprint density at radius 2 is 1.82 bits per heavy atom. The monoisotopic (exact) mass is 376 g/mol. The molecule has 0 spiro atoms. The quantitative estimate of drug-likeness (QED) is 0.592. The van der Waals surface area contributed by atoms with Crippen LogP contribution in [0.3, 0.4) is 0 Å². The molecule has 0 aliphatic carbocycles. The maximum Gasteiger partial charge on any atom is 0.179 e. The number of hydrogen-bond acceptors (Lipinski definition) is 4. The normalized spacial score (nSPS) is 16.1. The van der Waals surface area contributed by atoms with Crippen LogP contribution >= 0.6 is 0 Å². The van der Waals surface area contributed by atoms with Crippen molar-refractivity contribution in [1.29, 1.82) is 0 Å². The lowest BCUT2D eigenvalue weighted by Gasteiger charge is -2.28. The summed E-state index contributed by atoms with van der Waals surface area (Å²) in [6.07, 6.45) is 4.13. The summed E-state index contributed by atoms with van der Waals surface area (Å²) in [4.78, 5) is 6.01. The summed E-state index contributed by atoms with van der Waals surface area (Å²) >= 11 is 0. The third kappa shape index (κ3) is 3.07. The van der Waals surface area contributed by atoms with Crippen molar-refractivity contribution in [3.8, 4) is 22.4 Å². The van der Waals surface area contributed by atoms with Gasteiger partial charge in [0.15, 0.2) is 5.65 Å². The van der Waals surface area contributed by atoms with Crippen LogP contribution < -0.4 is 0 Å². The number of hydrogen-bond donors (Lipinski definition) is 1. The van der Waals surface area contributed by atoms with E-state index in [-0.39, 0.29) is 5.82 Å². The molecule has 1 aliphatic heterocycles. The molecule has 4 aromatic rings. The van der Waals surface area contributed by atoms with Crippen LogP contribution in [0, 0.1) is 5.82 Å². The van der Waals surface area contributed by atoms with E-state index in [0.717, 1.165) is 48.3 Å². The Morgan fingerprint density at radius 3 is 2.61 bits per heavy atom. The Labute approximate surface area is 162 Å². The van der Waals surface area contributed by atoms with Gasteiger partial charge in [0.05, 0.1) is 5.69 Å². The number of benzene rings is 1. The van der Waals surface area contributed by atoms with Crippen molar-refractivity contribution in [3.05, 3.63) is 60.2 Å². The maximum absolute atomic E-state index is 13.5. The molecule has 3 aromatic heterocycles. The van der Waals surface area contributed by atoms with Crippen molar-refractivity contribution in [3.63, 3.8) is 0 Å². The molecule has 0 atom stereocenters. The molecule has 7 heteroatoms. The second kappa shape index (κ2) is 6.83. The van der Waals surface area contributed by atoms with Crippen LogP contribution in [0.5, 0.6) is 0 Å². The van der Waals surface area contributed by atoms with E-state index in [1.807, 2.05) is 30.5 Å². The second-order valence-electron chi connectivity index (χ2n) is 7.49. The number of halogens is 1. The van der Waals surface area contributed by atoms with Crippen molar-refractivity contribution in [2.75, 3.05) is 20.1 Å². The third-order valence-corrected chi connectivity index (χ3v) is 5.64. The van der Waals surface area contributed by atoms with Crippen molar-refractivity contribution in [2.24, 2.45) is 0 Å². The number of H-pyrrole nitrogens is 1. The lowest BCUT2D eigenvalue weighted by Crippen LogP contribution is -2.29. The van der Waals surface area contributed by atoms with Crippen LogP contribution in [0.2, 0.25) is 0 Å². The molecule has 0 amide bonds. The van der Waals surface area contributed by atoms with E-state index < -0.39 is 0 Å². The Bertz CT molecular complexity index is 1110. The Kier molecular flexibility index (Phi) is 4.16. The average Bonchev–Trinajstić information content (AvgIpc) is 3.36. The van der Waals surface area contributed by atoms with Gasteiger partial charge < -0.3 is 9.88 Å². The van der Waals surface area contributed by atoms with Gasteiger partial charge in [-0.3, -0.25) is 0 Å². The minimum Gasteiger partial charge on any atom is -0.358 e. The van der Waals surface area contributed by atoms with E-state index in [0.29, 0.717) is 11.6 Å². The summed E-state index contributed by atoms with van der Waals surface area (Å²) in [7, 11) is 2.17. The van der Waals surface area contributed by atoms with Crippen LogP contribution in [0.4, 0.5) is 4.39 Å². The molecule has 1 aliphatic rings. The first-order valence-corrected chi connectivity index (χ1v) is 9.53. The Hall–Kier alpha value is -3.06. The highest BCUT2D eigenvalue weighted by Gasteiger charge is 2.22. The minimum atomic E-state index is -0.233. The van der Waals surface area contributed by atoms with Gasteiger partial charge in [0.2, 0.25) is 0 Å². The summed E-state index contributed by atoms with van der Waals surface area (Å²) in [5.41, 5.74) is 6.04. The highest BCUT2D eigenvalue weighted by molar-refractivity contribution is 5.83. The van der Waals surface area contributed by atoms with Crippen molar-refractivity contribution < 1.29 is 4.39 Å². The molecule has 1 fully saturated rings. The molecule has 4 heterocycles. The van der Waals surface area contributed by atoms with Gasteiger partial charge in [-0.25, -0.2) is 8.91 Å². The van der Waals surface area contributed by atoms with Gasteiger partial charge >= 0.3 is 0 Å². The van der Waals surface area contributed by atoms with Crippen LogP contribution in [-0.2, 0) is 0 Å². The summed E-state index contributed by atoms with van der Waals surface area (Å²) in [5.74, 6) is 0.269. The number of nitrogens with one attached hydrogen (secondary N) is 1. The lowest BCUT2D eigenvalue weighted by atomic mass is 9.93. The second-order valence-corrected chi connectivity index (χ2v) is 7.49. The van der Waals surface area contributed by atoms with Crippen LogP contribution in [-0.4, -0.2) is 50.1 Å². The first-order valence-electron chi connectivity index (χ1n) is 9.53. The third-order valence-electron chi connectivity index (χ3n) is 5.64. The maximum atomic E-state index is 13.5. The molecule has 1 N–H and O–H groups in total. The summed E-state index contributed by atoms with van der Waals surface area (Å²) < 4.78 is 15.1. The molecular weight excluding hydrogens is 355 g/mol. The van der Waals surface area contributed by atoms with Crippen LogP contribution in [0.1, 0.15) is 24.5 Å². The van der Waals surface area contributed by atoms with E-state index >= 15 is 0 Å². The van der Waals surface area contributed by atoms with Gasteiger partial charge in [-0.1, -0.05) is 0 Å². The molecule has 1 saturated heterocycles. The lowest BCUT2D eigenvalue weighted by molar-refractivity contribution is 0.253. The number of piperidine rings is 1. The zero-order chi connectivity index (χ0) is 19.1. The van der Waals surface area contributed by atoms with Crippen LogP contribution in [0.25, 0.3) is 28.0 Å². The average molecular weight is 376 g/mol. The molecule has 142 valence electrons. The molecule has 0 saturated carbocycles. The smallest absolute Gasteiger partial charge is 0.179 e. The van der Waals surface area contributed by atoms with Crippen molar-refractivity contribution in [2.45, 2.75) is 18.8 Å². The molecule has 0 unspecified atom stereocenters. The number of fused-ring (bicyclic) bond motifs is 1. The summed E-state index contributed by atoms with van der Waals surface area (Å²) in [6.45, 7) is 2.20. The number of nitrogens with zero attached hydrogens (tertiary/aromatic N) is 5. The molecule has 0 radical (unpaired) electrons. The number of tetrazole rings is 1. The Balaban J connectivity index is 1.61. The van der Waals surface area contributed by atoms with E-state index in [2.05, 4.69) is 38.5 Å². The topological polar surface area (TPSA) is 62.1 Å². The van der Waals surface area contributed by atoms with Gasteiger partial charge in [0.1, 0.15) is 5.82 Å². The molecule has 5 rings (SSSR count). The van der Waals surface area contributed by atoms with Gasteiger partial charge in [0, 0.05) is 23.4 Å².